The van der Waals surface area contributed by atoms with Crippen LogP contribution in [0, 0.1) is 0 Å². The van der Waals surface area contributed by atoms with Crippen molar-refractivity contribution in [1.82, 2.24) is 0 Å². The molecular formula is C12H25IO4. The predicted octanol–water partition coefficient (Wildman–Crippen LogP) is 2.37. The molecule has 0 aromatic rings. The molecule has 0 spiro atoms. The molecule has 0 rings (SSSR count). The summed E-state index contributed by atoms with van der Waals surface area (Å²) in [6, 6.07) is 0. The Morgan fingerprint density at radius 1 is 1.29 bits per heavy atom. The molecule has 2 atom stereocenters. The van der Waals surface area contributed by atoms with Crippen LogP contribution in [0.25, 0.3) is 0 Å². The van der Waals surface area contributed by atoms with Gasteiger partial charge in [-0.05, 0) is 49.8 Å². The molecule has 0 aliphatic carbocycles. The van der Waals surface area contributed by atoms with E-state index < -0.39 is 0 Å². The lowest BCUT2D eigenvalue weighted by Gasteiger charge is -2.23. The van der Waals surface area contributed by atoms with Gasteiger partial charge in [-0.15, -0.1) is 0 Å². The normalized spacial score (nSPS) is 16.8. The van der Waals surface area contributed by atoms with Crippen LogP contribution in [0.5, 0.6) is 0 Å². The summed E-state index contributed by atoms with van der Waals surface area (Å²) in [7, 11) is 0. The quantitative estimate of drug-likeness (QED) is 0.349. The van der Waals surface area contributed by atoms with Crippen molar-refractivity contribution < 1.29 is 19.3 Å². The molecular weight excluding hydrogens is 335 g/mol. The Morgan fingerprint density at radius 3 is 2.59 bits per heavy atom. The van der Waals surface area contributed by atoms with E-state index in [0.29, 0.717) is 26.2 Å². The van der Waals surface area contributed by atoms with Crippen LogP contribution in [0.4, 0.5) is 0 Å². The van der Waals surface area contributed by atoms with Crippen molar-refractivity contribution in [2.45, 2.75) is 43.3 Å². The second-order valence-electron chi connectivity index (χ2n) is 4.09. The van der Waals surface area contributed by atoms with Crippen LogP contribution in [0.3, 0.4) is 0 Å². The summed E-state index contributed by atoms with van der Waals surface area (Å²) in [6.07, 6.45) is 1.68. The van der Waals surface area contributed by atoms with E-state index in [0.717, 1.165) is 13.0 Å². The van der Waals surface area contributed by atoms with Gasteiger partial charge in [0, 0.05) is 19.6 Å². The highest BCUT2D eigenvalue weighted by Crippen LogP contribution is 2.24. The van der Waals surface area contributed by atoms with Gasteiger partial charge in [0.1, 0.15) is 3.61 Å². The van der Waals surface area contributed by atoms with E-state index >= 15 is 0 Å². The predicted molar refractivity (Wildman–Crippen MR) is 76.6 cm³/mol. The lowest BCUT2D eigenvalue weighted by Crippen LogP contribution is -2.24. The molecule has 17 heavy (non-hydrogen) atoms. The van der Waals surface area contributed by atoms with Crippen LogP contribution in [-0.4, -0.2) is 47.9 Å². The average molecular weight is 360 g/mol. The standard InChI is InChI=1S/C12H25IO4/c1-4-15-9-10-16-11(2)5-8-17-12(3,13)6-7-14/h11,14H,4-10H2,1-3H3/t11?,12-/m1/s1. The van der Waals surface area contributed by atoms with Gasteiger partial charge in [-0.1, -0.05) is 0 Å². The number of halogens is 1. The minimum atomic E-state index is -0.280. The third-order valence-electron chi connectivity index (χ3n) is 2.32. The highest BCUT2D eigenvalue weighted by atomic mass is 127. The van der Waals surface area contributed by atoms with Crippen LogP contribution in [0.1, 0.15) is 33.6 Å². The number of rotatable bonds is 11. The topological polar surface area (TPSA) is 47.9 Å². The van der Waals surface area contributed by atoms with Gasteiger partial charge in [0.25, 0.3) is 0 Å². The maximum absolute atomic E-state index is 8.85. The fourth-order valence-corrected chi connectivity index (χ4v) is 1.71. The van der Waals surface area contributed by atoms with E-state index in [2.05, 4.69) is 22.6 Å². The van der Waals surface area contributed by atoms with Crippen LogP contribution in [-0.2, 0) is 14.2 Å². The van der Waals surface area contributed by atoms with Gasteiger partial charge in [-0.3, -0.25) is 0 Å². The van der Waals surface area contributed by atoms with Crippen LogP contribution < -0.4 is 0 Å². The first kappa shape index (κ1) is 17.6. The molecule has 0 aromatic carbocycles. The lowest BCUT2D eigenvalue weighted by atomic mass is 10.3. The third-order valence-corrected chi connectivity index (χ3v) is 3.17. The van der Waals surface area contributed by atoms with Crippen molar-refractivity contribution in [3.05, 3.63) is 0 Å². The SMILES string of the molecule is CCOCCOC(C)CCO[C@@](C)(I)CCO. The molecule has 4 nitrogen and oxygen atoms in total. The van der Waals surface area contributed by atoms with Crippen LogP contribution >= 0.6 is 22.6 Å². The molecule has 0 radical (unpaired) electrons. The molecule has 0 saturated carbocycles. The summed E-state index contributed by atoms with van der Waals surface area (Å²) in [5, 5.41) is 8.85. The second-order valence-corrected chi connectivity index (χ2v) is 6.37. The Morgan fingerprint density at radius 2 is 2.00 bits per heavy atom. The summed E-state index contributed by atoms with van der Waals surface area (Å²) in [5.74, 6) is 0. The van der Waals surface area contributed by atoms with Crippen molar-refractivity contribution in [3.63, 3.8) is 0 Å². The van der Waals surface area contributed by atoms with Crippen molar-refractivity contribution in [1.29, 1.82) is 0 Å². The first-order valence-electron chi connectivity index (χ1n) is 6.15. The first-order valence-corrected chi connectivity index (χ1v) is 7.22. The molecule has 0 bridgehead atoms. The number of hydrogen-bond donors (Lipinski definition) is 1. The third kappa shape index (κ3) is 11.4. The molecule has 104 valence electrons. The van der Waals surface area contributed by atoms with Gasteiger partial charge in [0.15, 0.2) is 0 Å². The maximum Gasteiger partial charge on any atom is 0.118 e. The van der Waals surface area contributed by atoms with E-state index in [1.165, 1.54) is 0 Å². The molecule has 5 heteroatoms. The smallest absolute Gasteiger partial charge is 0.118 e. The highest BCUT2D eigenvalue weighted by molar-refractivity contribution is 14.1. The summed E-state index contributed by atoms with van der Waals surface area (Å²) in [4.78, 5) is 0. The van der Waals surface area contributed by atoms with Gasteiger partial charge in [0.2, 0.25) is 0 Å². The van der Waals surface area contributed by atoms with Crippen molar-refractivity contribution in [2.24, 2.45) is 0 Å². The largest absolute Gasteiger partial charge is 0.396 e. The minimum absolute atomic E-state index is 0.153. The van der Waals surface area contributed by atoms with Crippen LogP contribution in [0.15, 0.2) is 0 Å². The van der Waals surface area contributed by atoms with E-state index in [9.17, 15) is 0 Å². The number of aliphatic hydroxyl groups is 1. The number of aliphatic hydroxyl groups excluding tert-OH is 1. The zero-order valence-electron chi connectivity index (χ0n) is 11.1. The zero-order chi connectivity index (χ0) is 13.1. The van der Waals surface area contributed by atoms with E-state index in [1.54, 1.807) is 0 Å². The monoisotopic (exact) mass is 360 g/mol. The second kappa shape index (κ2) is 10.5. The lowest BCUT2D eigenvalue weighted by molar-refractivity contribution is -0.0186. The molecule has 0 aliphatic rings. The molecule has 0 saturated heterocycles. The molecule has 1 N–H and O–H groups in total. The summed E-state index contributed by atoms with van der Waals surface area (Å²) in [5.41, 5.74) is 0. The average Bonchev–Trinajstić information content (AvgIpc) is 2.24. The minimum Gasteiger partial charge on any atom is -0.396 e. The highest BCUT2D eigenvalue weighted by Gasteiger charge is 2.19. The Labute approximate surface area is 118 Å². The van der Waals surface area contributed by atoms with Gasteiger partial charge in [-0.25, -0.2) is 0 Å². The summed E-state index contributed by atoms with van der Waals surface area (Å²) < 4.78 is 16.2. The van der Waals surface area contributed by atoms with Crippen molar-refractivity contribution >= 4 is 22.6 Å². The van der Waals surface area contributed by atoms with Gasteiger partial charge < -0.3 is 19.3 Å². The summed E-state index contributed by atoms with van der Waals surface area (Å²) in [6.45, 7) is 8.80. The number of hydrogen-bond acceptors (Lipinski definition) is 4. The molecule has 0 amide bonds. The van der Waals surface area contributed by atoms with Gasteiger partial charge >= 0.3 is 0 Å². The van der Waals surface area contributed by atoms with Crippen LogP contribution in [0.2, 0.25) is 0 Å². The van der Waals surface area contributed by atoms with Gasteiger partial charge in [0.05, 0.1) is 25.9 Å². The fourth-order valence-electron chi connectivity index (χ4n) is 1.25. The number of ether oxygens (including phenoxy) is 3. The molecule has 0 fully saturated rings. The Hall–Kier alpha value is 0.570. The molecule has 0 aliphatic heterocycles. The zero-order valence-corrected chi connectivity index (χ0v) is 13.2. The van der Waals surface area contributed by atoms with Crippen molar-refractivity contribution in [3.8, 4) is 0 Å². The first-order chi connectivity index (χ1) is 8.02. The molecule has 0 heterocycles. The summed E-state index contributed by atoms with van der Waals surface area (Å²) >= 11 is 2.22. The Bertz CT molecular complexity index is 176. The fraction of sp³-hybridized carbons (Fsp3) is 1.00. The van der Waals surface area contributed by atoms with E-state index in [-0.39, 0.29) is 16.3 Å². The maximum atomic E-state index is 8.85. The van der Waals surface area contributed by atoms with E-state index in [4.69, 9.17) is 19.3 Å². The molecule has 0 aromatic heterocycles. The number of alkyl halides is 1. The molecule has 1 unspecified atom stereocenters. The Balaban J connectivity index is 3.46. The van der Waals surface area contributed by atoms with E-state index in [1.807, 2.05) is 20.8 Å². The Kier molecular flexibility index (Phi) is 10.8. The van der Waals surface area contributed by atoms with Gasteiger partial charge in [-0.2, -0.15) is 0 Å². The van der Waals surface area contributed by atoms with Crippen molar-refractivity contribution in [2.75, 3.05) is 33.0 Å².